The first kappa shape index (κ1) is 14.5. The van der Waals surface area contributed by atoms with Crippen LogP contribution in [0.4, 0.5) is 0 Å². The zero-order valence-electron chi connectivity index (χ0n) is 9.69. The maximum atomic E-state index is 11.9. The minimum absolute atomic E-state index is 0.0400. The standard InChI is InChI=1S/C11H18N2O3/c1-4-6-11(3,12)10(16)13(7-5-2)8-9(14)15/h2H,4,6-8,12H2,1,3H3,(H,14,15). The molecule has 0 aliphatic heterocycles. The molecule has 0 spiro atoms. The van der Waals surface area contributed by atoms with Crippen LogP contribution in [0.1, 0.15) is 26.7 Å². The molecule has 90 valence electrons. The highest BCUT2D eigenvalue weighted by molar-refractivity contribution is 5.88. The Morgan fingerprint density at radius 1 is 1.56 bits per heavy atom. The van der Waals surface area contributed by atoms with Crippen LogP contribution in [0, 0.1) is 12.3 Å². The summed E-state index contributed by atoms with van der Waals surface area (Å²) in [4.78, 5) is 23.6. The Labute approximate surface area is 95.6 Å². The van der Waals surface area contributed by atoms with Crippen LogP contribution in [0.3, 0.4) is 0 Å². The van der Waals surface area contributed by atoms with Crippen molar-refractivity contribution in [1.82, 2.24) is 4.90 Å². The largest absolute Gasteiger partial charge is 0.480 e. The molecule has 0 saturated carbocycles. The van der Waals surface area contributed by atoms with Gasteiger partial charge in [0, 0.05) is 0 Å². The fourth-order valence-corrected chi connectivity index (χ4v) is 1.46. The zero-order valence-corrected chi connectivity index (χ0v) is 9.69. The van der Waals surface area contributed by atoms with Gasteiger partial charge in [0.25, 0.3) is 0 Å². The van der Waals surface area contributed by atoms with Crippen molar-refractivity contribution < 1.29 is 14.7 Å². The SMILES string of the molecule is C#CCN(CC(=O)O)C(=O)C(C)(N)CCC. The lowest BCUT2D eigenvalue weighted by atomic mass is 9.95. The molecule has 0 rings (SSSR count). The molecular formula is C11H18N2O3. The molecule has 1 unspecified atom stereocenters. The highest BCUT2D eigenvalue weighted by atomic mass is 16.4. The molecular weight excluding hydrogens is 208 g/mol. The monoisotopic (exact) mass is 226 g/mol. The Hall–Kier alpha value is -1.54. The van der Waals surface area contributed by atoms with Gasteiger partial charge in [-0.2, -0.15) is 0 Å². The number of amides is 1. The van der Waals surface area contributed by atoms with Gasteiger partial charge in [0.1, 0.15) is 6.54 Å². The molecule has 1 amide bonds. The van der Waals surface area contributed by atoms with E-state index in [1.807, 2.05) is 6.92 Å². The van der Waals surface area contributed by atoms with Gasteiger partial charge >= 0.3 is 5.97 Å². The molecule has 5 nitrogen and oxygen atoms in total. The summed E-state index contributed by atoms with van der Waals surface area (Å²) in [7, 11) is 0. The molecule has 0 aromatic heterocycles. The smallest absolute Gasteiger partial charge is 0.323 e. The molecule has 5 heteroatoms. The van der Waals surface area contributed by atoms with E-state index in [0.717, 1.165) is 11.3 Å². The Morgan fingerprint density at radius 2 is 2.12 bits per heavy atom. The summed E-state index contributed by atoms with van der Waals surface area (Å²) in [5.74, 6) is 0.732. The minimum Gasteiger partial charge on any atom is -0.480 e. The summed E-state index contributed by atoms with van der Waals surface area (Å²) in [6.45, 7) is 3.03. The predicted octanol–water partition coefficient (Wildman–Crippen LogP) is 0.0503. The third kappa shape index (κ3) is 4.32. The van der Waals surface area contributed by atoms with Crippen LogP contribution in [0.25, 0.3) is 0 Å². The van der Waals surface area contributed by atoms with Crippen LogP contribution >= 0.6 is 0 Å². The van der Waals surface area contributed by atoms with E-state index in [0.29, 0.717) is 6.42 Å². The fraction of sp³-hybridized carbons (Fsp3) is 0.636. The van der Waals surface area contributed by atoms with Crippen LogP contribution < -0.4 is 5.73 Å². The molecule has 0 aromatic rings. The Bertz CT molecular complexity index is 305. The van der Waals surface area contributed by atoms with E-state index in [2.05, 4.69) is 5.92 Å². The molecule has 1 atom stereocenters. The number of terminal acetylenes is 1. The van der Waals surface area contributed by atoms with Gasteiger partial charge in [0.05, 0.1) is 12.1 Å². The summed E-state index contributed by atoms with van der Waals surface area (Å²) in [6.07, 6.45) is 6.32. The van der Waals surface area contributed by atoms with Crippen molar-refractivity contribution >= 4 is 11.9 Å². The zero-order chi connectivity index (χ0) is 12.8. The van der Waals surface area contributed by atoms with Gasteiger partial charge in [0.2, 0.25) is 5.91 Å². The second-order valence-corrected chi connectivity index (χ2v) is 3.93. The van der Waals surface area contributed by atoms with Crippen LogP contribution in [0.2, 0.25) is 0 Å². The van der Waals surface area contributed by atoms with E-state index in [9.17, 15) is 9.59 Å². The number of rotatable bonds is 6. The third-order valence-corrected chi connectivity index (χ3v) is 2.15. The number of carbonyl (C=O) groups excluding carboxylic acids is 1. The molecule has 0 heterocycles. The second-order valence-electron chi connectivity index (χ2n) is 3.93. The van der Waals surface area contributed by atoms with Gasteiger partial charge in [-0.1, -0.05) is 19.3 Å². The maximum absolute atomic E-state index is 11.9. The normalized spacial score (nSPS) is 13.6. The lowest BCUT2D eigenvalue weighted by Gasteiger charge is -2.29. The molecule has 0 aliphatic rings. The fourth-order valence-electron chi connectivity index (χ4n) is 1.46. The van der Waals surface area contributed by atoms with Gasteiger partial charge in [-0.15, -0.1) is 6.42 Å². The Kier molecular flexibility index (Phi) is 5.54. The average molecular weight is 226 g/mol. The molecule has 0 radical (unpaired) electrons. The van der Waals surface area contributed by atoms with E-state index < -0.39 is 24.0 Å². The lowest BCUT2D eigenvalue weighted by molar-refractivity contribution is -0.146. The third-order valence-electron chi connectivity index (χ3n) is 2.15. The van der Waals surface area contributed by atoms with Gasteiger partial charge in [-0.05, 0) is 13.3 Å². The Morgan fingerprint density at radius 3 is 2.50 bits per heavy atom. The van der Waals surface area contributed by atoms with Gasteiger partial charge in [-0.3, -0.25) is 9.59 Å². The van der Waals surface area contributed by atoms with E-state index in [1.165, 1.54) is 0 Å². The molecule has 3 N–H and O–H groups in total. The molecule has 16 heavy (non-hydrogen) atoms. The van der Waals surface area contributed by atoms with Gasteiger partial charge < -0.3 is 15.7 Å². The molecule has 0 aromatic carbocycles. The highest BCUT2D eigenvalue weighted by Gasteiger charge is 2.32. The van der Waals surface area contributed by atoms with Crippen molar-refractivity contribution in [3.8, 4) is 12.3 Å². The first-order valence-electron chi connectivity index (χ1n) is 5.08. The Balaban J connectivity index is 4.73. The number of carboxylic acid groups (broad SMARTS) is 1. The van der Waals surface area contributed by atoms with Crippen LogP contribution in [0.15, 0.2) is 0 Å². The molecule has 0 fully saturated rings. The van der Waals surface area contributed by atoms with Crippen molar-refractivity contribution in [2.45, 2.75) is 32.2 Å². The van der Waals surface area contributed by atoms with Crippen molar-refractivity contribution in [1.29, 1.82) is 0 Å². The van der Waals surface area contributed by atoms with Crippen molar-refractivity contribution in [3.05, 3.63) is 0 Å². The lowest BCUT2D eigenvalue weighted by Crippen LogP contribution is -2.54. The molecule has 0 bridgehead atoms. The average Bonchev–Trinajstić information content (AvgIpc) is 2.15. The van der Waals surface area contributed by atoms with Crippen molar-refractivity contribution in [3.63, 3.8) is 0 Å². The van der Waals surface area contributed by atoms with Gasteiger partial charge in [0.15, 0.2) is 0 Å². The van der Waals surface area contributed by atoms with E-state index in [4.69, 9.17) is 17.3 Å². The maximum Gasteiger partial charge on any atom is 0.323 e. The first-order chi connectivity index (χ1) is 7.35. The molecule has 0 saturated heterocycles. The van der Waals surface area contributed by atoms with E-state index >= 15 is 0 Å². The van der Waals surface area contributed by atoms with Crippen LogP contribution in [-0.2, 0) is 9.59 Å². The van der Waals surface area contributed by atoms with Crippen molar-refractivity contribution in [2.75, 3.05) is 13.1 Å². The number of aliphatic carboxylic acids is 1. The number of nitrogens with zero attached hydrogens (tertiary/aromatic N) is 1. The predicted molar refractivity (Wildman–Crippen MR) is 60.5 cm³/mol. The van der Waals surface area contributed by atoms with E-state index in [1.54, 1.807) is 6.92 Å². The van der Waals surface area contributed by atoms with Crippen molar-refractivity contribution in [2.24, 2.45) is 5.73 Å². The summed E-state index contributed by atoms with van der Waals surface area (Å²) in [5.41, 5.74) is 4.77. The number of hydrogen-bond acceptors (Lipinski definition) is 3. The van der Waals surface area contributed by atoms with E-state index in [-0.39, 0.29) is 6.54 Å². The first-order valence-corrected chi connectivity index (χ1v) is 5.08. The second kappa shape index (κ2) is 6.13. The van der Waals surface area contributed by atoms with Crippen LogP contribution in [0.5, 0.6) is 0 Å². The summed E-state index contributed by atoms with van der Waals surface area (Å²) >= 11 is 0. The topological polar surface area (TPSA) is 83.6 Å². The molecule has 0 aliphatic carbocycles. The number of carboxylic acids is 1. The minimum atomic E-state index is -1.10. The van der Waals surface area contributed by atoms with Gasteiger partial charge in [-0.25, -0.2) is 0 Å². The summed E-state index contributed by atoms with van der Waals surface area (Å²) < 4.78 is 0. The quantitative estimate of drug-likeness (QED) is 0.627. The number of nitrogens with two attached hydrogens (primary N) is 1. The van der Waals surface area contributed by atoms with Crippen LogP contribution in [-0.4, -0.2) is 40.5 Å². The summed E-state index contributed by atoms with van der Waals surface area (Å²) in [6, 6.07) is 0. The number of hydrogen-bond donors (Lipinski definition) is 2. The number of carbonyl (C=O) groups is 2. The highest BCUT2D eigenvalue weighted by Crippen LogP contribution is 2.12. The summed E-state index contributed by atoms with van der Waals surface area (Å²) in [5, 5.41) is 8.65.